The van der Waals surface area contributed by atoms with E-state index in [2.05, 4.69) is 35.8 Å². The zero-order valence-electron chi connectivity index (χ0n) is 8.52. The van der Waals surface area contributed by atoms with E-state index >= 15 is 0 Å². The van der Waals surface area contributed by atoms with E-state index < -0.39 is 0 Å². The van der Waals surface area contributed by atoms with E-state index in [4.69, 9.17) is 5.73 Å². The van der Waals surface area contributed by atoms with Crippen molar-refractivity contribution in [2.24, 2.45) is 0 Å². The Bertz CT molecular complexity index is 465. The van der Waals surface area contributed by atoms with Crippen molar-refractivity contribution in [2.75, 3.05) is 5.73 Å². The van der Waals surface area contributed by atoms with Crippen LogP contribution in [0.4, 0.5) is 5.82 Å². The van der Waals surface area contributed by atoms with E-state index in [1.165, 1.54) is 6.33 Å². The van der Waals surface area contributed by atoms with Crippen LogP contribution in [0.2, 0.25) is 0 Å². The second-order valence-electron chi connectivity index (χ2n) is 4.27. The van der Waals surface area contributed by atoms with Gasteiger partial charge in [-0.25, -0.2) is 14.5 Å². The first kappa shape index (κ1) is 8.93. The first-order chi connectivity index (χ1) is 6.50. The van der Waals surface area contributed by atoms with Gasteiger partial charge in [0.1, 0.15) is 12.1 Å². The highest BCUT2D eigenvalue weighted by atomic mass is 15.3. The number of anilines is 1. The number of aromatic nitrogens is 4. The SMILES string of the molecule is CC(C)(C)c1c(N)nc2cncnn12. The molecule has 0 aliphatic carbocycles. The Kier molecular flexibility index (Phi) is 1.70. The molecule has 0 spiro atoms. The number of hydrogen-bond acceptors (Lipinski definition) is 4. The van der Waals surface area contributed by atoms with Crippen molar-refractivity contribution in [2.45, 2.75) is 26.2 Å². The first-order valence-corrected chi connectivity index (χ1v) is 4.45. The van der Waals surface area contributed by atoms with Gasteiger partial charge in [-0.1, -0.05) is 20.8 Å². The Morgan fingerprint density at radius 1 is 1.36 bits per heavy atom. The lowest BCUT2D eigenvalue weighted by atomic mass is 9.92. The molecule has 0 saturated heterocycles. The third-order valence-corrected chi connectivity index (χ3v) is 2.04. The molecule has 2 aromatic heterocycles. The molecular formula is C9H13N5. The highest BCUT2D eigenvalue weighted by molar-refractivity contribution is 5.51. The van der Waals surface area contributed by atoms with Crippen LogP contribution in [0.25, 0.3) is 5.65 Å². The van der Waals surface area contributed by atoms with Gasteiger partial charge < -0.3 is 5.73 Å². The maximum atomic E-state index is 5.84. The van der Waals surface area contributed by atoms with Gasteiger partial charge in [-0.15, -0.1) is 0 Å². The smallest absolute Gasteiger partial charge is 0.174 e. The van der Waals surface area contributed by atoms with Crippen LogP contribution in [-0.4, -0.2) is 19.6 Å². The molecular weight excluding hydrogens is 178 g/mol. The fourth-order valence-corrected chi connectivity index (χ4v) is 1.53. The highest BCUT2D eigenvalue weighted by Gasteiger charge is 2.23. The normalized spacial score (nSPS) is 12.2. The molecule has 74 valence electrons. The third kappa shape index (κ3) is 1.21. The van der Waals surface area contributed by atoms with Gasteiger partial charge in [-0.3, -0.25) is 0 Å². The molecule has 0 bridgehead atoms. The zero-order chi connectivity index (χ0) is 10.3. The van der Waals surface area contributed by atoms with Gasteiger partial charge in [-0.2, -0.15) is 5.10 Å². The summed E-state index contributed by atoms with van der Waals surface area (Å²) >= 11 is 0. The zero-order valence-corrected chi connectivity index (χ0v) is 8.52. The molecule has 2 aromatic rings. The van der Waals surface area contributed by atoms with Gasteiger partial charge >= 0.3 is 0 Å². The highest BCUT2D eigenvalue weighted by Crippen LogP contribution is 2.27. The van der Waals surface area contributed by atoms with E-state index in [1.807, 2.05) is 0 Å². The van der Waals surface area contributed by atoms with Crippen LogP contribution in [0, 0.1) is 0 Å². The molecule has 2 rings (SSSR count). The lowest BCUT2D eigenvalue weighted by Gasteiger charge is -2.17. The molecule has 0 aliphatic rings. The van der Waals surface area contributed by atoms with Crippen LogP contribution in [-0.2, 0) is 5.41 Å². The maximum Gasteiger partial charge on any atom is 0.174 e. The summed E-state index contributed by atoms with van der Waals surface area (Å²) in [4.78, 5) is 8.09. The average Bonchev–Trinajstić information content (AvgIpc) is 2.38. The minimum Gasteiger partial charge on any atom is -0.382 e. The van der Waals surface area contributed by atoms with E-state index in [-0.39, 0.29) is 5.41 Å². The fourth-order valence-electron chi connectivity index (χ4n) is 1.53. The molecule has 0 radical (unpaired) electrons. The van der Waals surface area contributed by atoms with Gasteiger partial charge in [-0.05, 0) is 0 Å². The Labute approximate surface area is 82.0 Å². The topological polar surface area (TPSA) is 69.1 Å². The monoisotopic (exact) mass is 191 g/mol. The molecule has 0 atom stereocenters. The van der Waals surface area contributed by atoms with Gasteiger partial charge in [0.15, 0.2) is 5.65 Å². The summed E-state index contributed by atoms with van der Waals surface area (Å²) in [5.41, 5.74) is 7.38. The summed E-state index contributed by atoms with van der Waals surface area (Å²) < 4.78 is 1.74. The number of imidazole rings is 1. The van der Waals surface area contributed by atoms with Crippen molar-refractivity contribution < 1.29 is 0 Å². The summed E-state index contributed by atoms with van der Waals surface area (Å²) in [6.45, 7) is 6.23. The van der Waals surface area contributed by atoms with Gasteiger partial charge in [0.25, 0.3) is 0 Å². The fraction of sp³-hybridized carbons (Fsp3) is 0.444. The molecule has 2 heterocycles. The van der Waals surface area contributed by atoms with Crippen LogP contribution in [0.15, 0.2) is 12.5 Å². The number of hydrogen-bond donors (Lipinski definition) is 1. The molecule has 2 N–H and O–H groups in total. The van der Waals surface area contributed by atoms with Crippen molar-refractivity contribution in [3.8, 4) is 0 Å². The summed E-state index contributed by atoms with van der Waals surface area (Å²) in [5, 5.41) is 4.13. The molecule has 5 nitrogen and oxygen atoms in total. The van der Waals surface area contributed by atoms with Gasteiger partial charge in [0, 0.05) is 5.41 Å². The average molecular weight is 191 g/mol. The molecule has 5 heteroatoms. The van der Waals surface area contributed by atoms with Crippen molar-refractivity contribution >= 4 is 11.5 Å². The summed E-state index contributed by atoms with van der Waals surface area (Å²) in [6.07, 6.45) is 3.14. The van der Waals surface area contributed by atoms with E-state index in [1.54, 1.807) is 10.7 Å². The van der Waals surface area contributed by atoms with Crippen molar-refractivity contribution in [1.29, 1.82) is 0 Å². The van der Waals surface area contributed by atoms with Crippen LogP contribution in [0.5, 0.6) is 0 Å². The van der Waals surface area contributed by atoms with E-state index in [9.17, 15) is 0 Å². The number of rotatable bonds is 0. The number of nitrogens with zero attached hydrogens (tertiary/aromatic N) is 4. The van der Waals surface area contributed by atoms with Gasteiger partial charge in [0.05, 0.1) is 11.9 Å². The predicted molar refractivity (Wildman–Crippen MR) is 53.9 cm³/mol. The molecule has 0 unspecified atom stereocenters. The molecule has 0 saturated carbocycles. The van der Waals surface area contributed by atoms with Crippen LogP contribution >= 0.6 is 0 Å². The number of nitrogens with two attached hydrogens (primary N) is 1. The second-order valence-corrected chi connectivity index (χ2v) is 4.27. The lowest BCUT2D eigenvalue weighted by molar-refractivity contribution is 0.552. The Hall–Kier alpha value is -1.65. The Morgan fingerprint density at radius 2 is 2.07 bits per heavy atom. The molecule has 0 aliphatic heterocycles. The largest absolute Gasteiger partial charge is 0.382 e. The summed E-state index contributed by atoms with van der Waals surface area (Å²) in [7, 11) is 0. The predicted octanol–water partition coefficient (Wildman–Crippen LogP) is 1.00. The van der Waals surface area contributed by atoms with E-state index in [0.29, 0.717) is 11.5 Å². The van der Waals surface area contributed by atoms with E-state index in [0.717, 1.165) is 5.69 Å². The number of nitrogen functional groups attached to an aromatic ring is 1. The van der Waals surface area contributed by atoms with Crippen LogP contribution < -0.4 is 5.73 Å². The van der Waals surface area contributed by atoms with Crippen molar-refractivity contribution in [1.82, 2.24) is 19.6 Å². The third-order valence-electron chi connectivity index (χ3n) is 2.04. The molecule has 0 fully saturated rings. The first-order valence-electron chi connectivity index (χ1n) is 4.45. The Balaban J connectivity index is 2.81. The van der Waals surface area contributed by atoms with Crippen molar-refractivity contribution in [3.63, 3.8) is 0 Å². The lowest BCUT2D eigenvalue weighted by Crippen LogP contribution is -2.17. The molecule has 0 aromatic carbocycles. The summed E-state index contributed by atoms with van der Waals surface area (Å²) in [5.74, 6) is 0.526. The second kappa shape index (κ2) is 2.67. The minimum absolute atomic E-state index is 0.0716. The van der Waals surface area contributed by atoms with Crippen molar-refractivity contribution in [3.05, 3.63) is 18.2 Å². The van der Waals surface area contributed by atoms with Crippen LogP contribution in [0.3, 0.4) is 0 Å². The standard InChI is InChI=1S/C9H13N5/c1-9(2,3)7-8(10)13-6-4-11-5-12-14(6)7/h4-5H,10H2,1-3H3. The maximum absolute atomic E-state index is 5.84. The molecule has 14 heavy (non-hydrogen) atoms. The Morgan fingerprint density at radius 3 is 2.71 bits per heavy atom. The van der Waals surface area contributed by atoms with Gasteiger partial charge in [0.2, 0.25) is 0 Å². The molecule has 0 amide bonds. The quantitative estimate of drug-likeness (QED) is 0.674. The minimum atomic E-state index is -0.0716. The number of fused-ring (bicyclic) bond motifs is 1. The van der Waals surface area contributed by atoms with Crippen LogP contribution in [0.1, 0.15) is 26.5 Å². The summed E-state index contributed by atoms with van der Waals surface area (Å²) in [6, 6.07) is 0.